The molecule has 2 saturated heterocycles. The molecule has 1 atom stereocenters. The zero-order chi connectivity index (χ0) is 16.4. The van der Waals surface area contributed by atoms with E-state index in [1.165, 1.54) is 4.90 Å². The molecule has 0 unspecified atom stereocenters. The highest BCUT2D eigenvalue weighted by Gasteiger charge is 2.31. The number of piperazine rings is 1. The Morgan fingerprint density at radius 2 is 2.29 bits per heavy atom. The van der Waals surface area contributed by atoms with Crippen LogP contribution in [0.4, 0.5) is 0 Å². The van der Waals surface area contributed by atoms with Crippen LogP contribution in [0.2, 0.25) is 0 Å². The van der Waals surface area contributed by atoms with E-state index in [1.807, 2.05) is 22.4 Å². The van der Waals surface area contributed by atoms with E-state index in [4.69, 9.17) is 4.74 Å². The summed E-state index contributed by atoms with van der Waals surface area (Å²) in [5.74, 6) is 0.835. The highest BCUT2D eigenvalue weighted by molar-refractivity contribution is 7.13. The van der Waals surface area contributed by atoms with Crippen LogP contribution in [0.1, 0.15) is 12.8 Å². The molecule has 0 bridgehead atoms. The number of tetrazole rings is 1. The van der Waals surface area contributed by atoms with Gasteiger partial charge < -0.3 is 14.5 Å². The van der Waals surface area contributed by atoms with E-state index < -0.39 is 0 Å². The van der Waals surface area contributed by atoms with Crippen molar-refractivity contribution < 1.29 is 14.4 Å². The van der Waals surface area contributed by atoms with Crippen LogP contribution < -0.4 is 4.90 Å². The van der Waals surface area contributed by atoms with Crippen molar-refractivity contribution in [2.24, 2.45) is 0 Å². The molecule has 0 aliphatic carbocycles. The van der Waals surface area contributed by atoms with Gasteiger partial charge in [0.25, 0.3) is 5.91 Å². The van der Waals surface area contributed by atoms with Crippen LogP contribution >= 0.6 is 11.3 Å². The molecule has 2 aromatic heterocycles. The molecule has 2 fully saturated rings. The van der Waals surface area contributed by atoms with Crippen molar-refractivity contribution in [1.29, 1.82) is 0 Å². The standard InChI is InChI=1S/C15H20N6O2S/c22-15(12-3-1-9-23-12)20-7-5-19(6-8-20)11-21-17-14(16-18-21)13-4-2-10-24-13/h2,4,10,12H,1,3,5-9,11H2/p+1/t12-/m1/s1. The van der Waals surface area contributed by atoms with Crippen LogP contribution in [0.25, 0.3) is 10.7 Å². The summed E-state index contributed by atoms with van der Waals surface area (Å²) in [6, 6.07) is 3.98. The van der Waals surface area contributed by atoms with Gasteiger partial charge in [-0.1, -0.05) is 6.07 Å². The smallest absolute Gasteiger partial charge is 0.252 e. The summed E-state index contributed by atoms with van der Waals surface area (Å²) < 4.78 is 5.50. The van der Waals surface area contributed by atoms with Gasteiger partial charge in [-0.15, -0.1) is 26.3 Å². The molecule has 2 aliphatic heterocycles. The van der Waals surface area contributed by atoms with Gasteiger partial charge in [-0.05, 0) is 29.5 Å². The fourth-order valence-electron chi connectivity index (χ4n) is 3.19. The van der Waals surface area contributed by atoms with Gasteiger partial charge >= 0.3 is 0 Å². The quantitative estimate of drug-likeness (QED) is 0.787. The van der Waals surface area contributed by atoms with Gasteiger partial charge in [0.15, 0.2) is 6.67 Å². The largest absolute Gasteiger partial charge is 0.368 e. The van der Waals surface area contributed by atoms with Crippen LogP contribution in [0.15, 0.2) is 17.5 Å². The number of hydrogen-bond donors (Lipinski definition) is 1. The average Bonchev–Trinajstić information content (AvgIpc) is 3.36. The molecule has 24 heavy (non-hydrogen) atoms. The molecule has 2 aliphatic rings. The summed E-state index contributed by atoms with van der Waals surface area (Å²) in [6.45, 7) is 4.72. The van der Waals surface area contributed by atoms with E-state index in [9.17, 15) is 4.79 Å². The first kappa shape index (κ1) is 15.7. The maximum Gasteiger partial charge on any atom is 0.252 e. The Kier molecular flexibility index (Phi) is 4.54. The maximum atomic E-state index is 12.4. The number of nitrogens with zero attached hydrogens (tertiary/aromatic N) is 5. The molecular formula is C15H21N6O2S+. The van der Waals surface area contributed by atoms with Gasteiger partial charge in [0, 0.05) is 6.61 Å². The van der Waals surface area contributed by atoms with E-state index in [1.54, 1.807) is 16.1 Å². The number of thiophene rings is 1. The number of rotatable bonds is 4. The molecule has 9 heteroatoms. The van der Waals surface area contributed by atoms with Gasteiger partial charge in [0.05, 0.1) is 31.1 Å². The van der Waals surface area contributed by atoms with Crippen LogP contribution in [-0.2, 0) is 16.2 Å². The predicted octanol–water partition coefficient (Wildman–Crippen LogP) is -0.735. The van der Waals surface area contributed by atoms with E-state index in [0.29, 0.717) is 19.1 Å². The SMILES string of the molecule is O=C([C@H]1CCCO1)N1CC[NH+](Cn2nnc(-c3cccs3)n2)CC1. The Hall–Kier alpha value is -1.84. The highest BCUT2D eigenvalue weighted by atomic mass is 32.1. The van der Waals surface area contributed by atoms with Gasteiger partial charge in [0.1, 0.15) is 6.10 Å². The highest BCUT2D eigenvalue weighted by Crippen LogP contribution is 2.19. The Balaban J connectivity index is 1.29. The number of nitrogens with one attached hydrogen (secondary N) is 1. The number of hydrogen-bond acceptors (Lipinski definition) is 6. The molecule has 4 heterocycles. The van der Waals surface area contributed by atoms with Crippen LogP contribution in [0.5, 0.6) is 0 Å². The van der Waals surface area contributed by atoms with Crippen molar-refractivity contribution >= 4 is 17.2 Å². The molecule has 1 N–H and O–H groups in total. The average molecular weight is 349 g/mol. The van der Waals surface area contributed by atoms with Gasteiger partial charge in [0.2, 0.25) is 5.82 Å². The summed E-state index contributed by atoms with van der Waals surface area (Å²) in [6.07, 6.45) is 1.64. The molecule has 0 spiro atoms. The predicted molar refractivity (Wildman–Crippen MR) is 87.4 cm³/mol. The monoisotopic (exact) mass is 349 g/mol. The number of carbonyl (C=O) groups is 1. The van der Waals surface area contributed by atoms with Gasteiger partial charge in [-0.25, -0.2) is 0 Å². The lowest BCUT2D eigenvalue weighted by molar-refractivity contribution is -0.927. The lowest BCUT2D eigenvalue weighted by Gasteiger charge is -2.32. The van der Waals surface area contributed by atoms with Crippen LogP contribution in [0.3, 0.4) is 0 Å². The topological polar surface area (TPSA) is 77.6 Å². The maximum absolute atomic E-state index is 12.4. The zero-order valence-corrected chi connectivity index (χ0v) is 14.2. The van der Waals surface area contributed by atoms with Crippen molar-refractivity contribution in [1.82, 2.24) is 25.1 Å². The van der Waals surface area contributed by atoms with Crippen molar-refractivity contribution in [3.8, 4) is 10.7 Å². The van der Waals surface area contributed by atoms with Crippen molar-refractivity contribution in [3.05, 3.63) is 17.5 Å². The second kappa shape index (κ2) is 6.96. The van der Waals surface area contributed by atoms with E-state index in [-0.39, 0.29) is 12.0 Å². The van der Waals surface area contributed by atoms with E-state index >= 15 is 0 Å². The van der Waals surface area contributed by atoms with Crippen LogP contribution in [0, 0.1) is 0 Å². The third-order valence-electron chi connectivity index (χ3n) is 4.55. The molecule has 0 aromatic carbocycles. The number of quaternary nitrogens is 1. The lowest BCUT2D eigenvalue weighted by Crippen LogP contribution is -3.14. The summed E-state index contributed by atoms with van der Waals surface area (Å²) in [4.78, 5) is 18.3. The number of aromatic nitrogens is 4. The Labute approximate surface area is 144 Å². The molecule has 0 radical (unpaired) electrons. The third-order valence-corrected chi connectivity index (χ3v) is 5.41. The zero-order valence-electron chi connectivity index (χ0n) is 13.4. The van der Waals surface area contributed by atoms with Crippen LogP contribution in [-0.4, -0.2) is 69.9 Å². The van der Waals surface area contributed by atoms with Crippen molar-refractivity contribution in [3.63, 3.8) is 0 Å². The Morgan fingerprint density at radius 3 is 3.00 bits per heavy atom. The minimum Gasteiger partial charge on any atom is -0.368 e. The normalized spacial score (nSPS) is 22.2. The van der Waals surface area contributed by atoms with Crippen molar-refractivity contribution in [2.45, 2.75) is 25.6 Å². The van der Waals surface area contributed by atoms with E-state index in [2.05, 4.69) is 15.4 Å². The molecule has 4 rings (SSSR count). The fourth-order valence-corrected chi connectivity index (χ4v) is 3.84. The first-order chi connectivity index (χ1) is 11.8. The third kappa shape index (κ3) is 3.33. The molecular weight excluding hydrogens is 328 g/mol. The fraction of sp³-hybridized carbons (Fsp3) is 0.600. The Morgan fingerprint density at radius 1 is 1.42 bits per heavy atom. The number of ether oxygens (including phenoxy) is 1. The van der Waals surface area contributed by atoms with E-state index in [0.717, 1.165) is 43.9 Å². The molecule has 8 nitrogen and oxygen atoms in total. The first-order valence-electron chi connectivity index (χ1n) is 8.35. The summed E-state index contributed by atoms with van der Waals surface area (Å²) >= 11 is 1.61. The van der Waals surface area contributed by atoms with Crippen molar-refractivity contribution in [2.75, 3.05) is 32.8 Å². The number of carbonyl (C=O) groups excluding carboxylic acids is 1. The number of amides is 1. The molecule has 2 aromatic rings. The molecule has 0 saturated carbocycles. The van der Waals surface area contributed by atoms with Gasteiger partial charge in [-0.2, -0.15) is 0 Å². The second-order valence-corrected chi connectivity index (χ2v) is 7.15. The summed E-state index contributed by atoms with van der Waals surface area (Å²) in [5.41, 5.74) is 0. The molecule has 128 valence electrons. The molecule has 1 amide bonds. The minimum absolute atomic E-state index is 0.158. The van der Waals surface area contributed by atoms with Gasteiger partial charge in [-0.3, -0.25) is 4.79 Å². The Bertz CT molecular complexity index is 674. The second-order valence-electron chi connectivity index (χ2n) is 6.20. The lowest BCUT2D eigenvalue weighted by atomic mass is 10.2. The summed E-state index contributed by atoms with van der Waals surface area (Å²) in [5, 5.41) is 14.7. The summed E-state index contributed by atoms with van der Waals surface area (Å²) in [7, 11) is 0. The minimum atomic E-state index is -0.211. The first-order valence-corrected chi connectivity index (χ1v) is 9.23.